The lowest BCUT2D eigenvalue weighted by Crippen LogP contribution is -2.48. The molecule has 1 aromatic rings. The molecule has 0 bridgehead atoms. The van der Waals surface area contributed by atoms with Gasteiger partial charge in [0.05, 0.1) is 6.54 Å². The molecule has 1 fully saturated rings. The van der Waals surface area contributed by atoms with Gasteiger partial charge in [0.1, 0.15) is 0 Å². The van der Waals surface area contributed by atoms with Crippen molar-refractivity contribution in [2.24, 2.45) is 0 Å². The smallest absolute Gasteiger partial charge is 0.252 e. The Kier molecular flexibility index (Phi) is 6.22. The number of nitrogens with one attached hydrogen (secondary N) is 3. The van der Waals surface area contributed by atoms with E-state index in [0.717, 1.165) is 31.6 Å². The molecule has 0 saturated carbocycles. The lowest BCUT2D eigenvalue weighted by Gasteiger charge is -2.25. The number of rotatable bonds is 3. The number of carbonyl (C=O) groups excluding carboxylic acids is 1. The number of amides is 1. The van der Waals surface area contributed by atoms with Crippen molar-refractivity contribution in [3.63, 3.8) is 0 Å². The number of hydrogen-bond donors (Lipinski definition) is 3. The Bertz CT molecular complexity index is 488. The fourth-order valence-corrected chi connectivity index (χ4v) is 2.48. The molecule has 0 aromatic heterocycles. The van der Waals surface area contributed by atoms with Crippen LogP contribution in [0.4, 0.5) is 5.69 Å². The number of benzene rings is 1. The van der Waals surface area contributed by atoms with Gasteiger partial charge in [0.15, 0.2) is 5.11 Å². The molecular formula is C14H19ClN4OS. The largest absolute Gasteiger partial charge is 0.331 e. The summed E-state index contributed by atoms with van der Waals surface area (Å²) in [6, 6.07) is 7.15. The predicted molar refractivity (Wildman–Crippen MR) is 89.2 cm³/mol. The Morgan fingerprint density at radius 3 is 2.48 bits per heavy atom. The van der Waals surface area contributed by atoms with Gasteiger partial charge in [-0.05, 0) is 62.4 Å². The minimum absolute atomic E-state index is 0.0860. The fraction of sp³-hybridized carbons (Fsp3) is 0.429. The Balaban J connectivity index is 1.68. The zero-order valence-electron chi connectivity index (χ0n) is 11.7. The van der Waals surface area contributed by atoms with E-state index in [4.69, 9.17) is 23.8 Å². The van der Waals surface area contributed by atoms with Gasteiger partial charge in [-0.25, -0.2) is 0 Å². The summed E-state index contributed by atoms with van der Waals surface area (Å²) in [5.41, 5.74) is 6.10. The number of hydrogen-bond acceptors (Lipinski definition) is 3. The maximum Gasteiger partial charge on any atom is 0.252 e. The van der Waals surface area contributed by atoms with E-state index in [1.165, 1.54) is 6.42 Å². The average molecular weight is 327 g/mol. The molecule has 1 amide bonds. The van der Waals surface area contributed by atoms with Crippen molar-refractivity contribution in [2.45, 2.75) is 19.3 Å². The van der Waals surface area contributed by atoms with E-state index in [1.807, 2.05) is 12.1 Å². The van der Waals surface area contributed by atoms with E-state index in [9.17, 15) is 4.79 Å². The maximum atomic E-state index is 11.8. The van der Waals surface area contributed by atoms with Crippen molar-refractivity contribution >= 4 is 40.5 Å². The molecule has 21 heavy (non-hydrogen) atoms. The number of nitrogens with zero attached hydrogens (tertiary/aromatic N) is 1. The number of carbonyl (C=O) groups is 1. The van der Waals surface area contributed by atoms with Crippen molar-refractivity contribution in [1.29, 1.82) is 0 Å². The monoisotopic (exact) mass is 326 g/mol. The molecule has 0 aliphatic carbocycles. The van der Waals surface area contributed by atoms with Crippen LogP contribution in [-0.4, -0.2) is 35.6 Å². The molecule has 5 nitrogen and oxygen atoms in total. The van der Waals surface area contributed by atoms with Crippen LogP contribution in [0.15, 0.2) is 24.3 Å². The van der Waals surface area contributed by atoms with Crippen LogP contribution in [0.1, 0.15) is 19.3 Å². The highest BCUT2D eigenvalue weighted by Crippen LogP contribution is 2.13. The number of piperidine rings is 1. The molecule has 0 unspecified atom stereocenters. The Morgan fingerprint density at radius 2 is 1.81 bits per heavy atom. The molecule has 2 rings (SSSR count). The van der Waals surface area contributed by atoms with Crippen LogP contribution in [0, 0.1) is 0 Å². The molecule has 1 heterocycles. The first-order chi connectivity index (χ1) is 10.1. The molecule has 3 N–H and O–H groups in total. The number of likely N-dealkylation sites (tertiary alicyclic amines) is 1. The van der Waals surface area contributed by atoms with Gasteiger partial charge in [-0.2, -0.15) is 0 Å². The summed E-state index contributed by atoms with van der Waals surface area (Å²) < 4.78 is 0. The van der Waals surface area contributed by atoms with E-state index in [-0.39, 0.29) is 5.91 Å². The summed E-state index contributed by atoms with van der Waals surface area (Å²) >= 11 is 10.9. The van der Waals surface area contributed by atoms with Crippen LogP contribution in [-0.2, 0) is 4.79 Å². The van der Waals surface area contributed by atoms with Gasteiger partial charge in [0, 0.05) is 10.7 Å². The third-order valence-electron chi connectivity index (χ3n) is 3.23. The first-order valence-electron chi connectivity index (χ1n) is 6.97. The van der Waals surface area contributed by atoms with Gasteiger partial charge in [-0.1, -0.05) is 18.0 Å². The number of halogens is 1. The molecular weight excluding hydrogens is 308 g/mol. The third kappa shape index (κ3) is 5.87. The molecule has 0 radical (unpaired) electrons. The molecule has 0 spiro atoms. The molecule has 1 saturated heterocycles. The van der Waals surface area contributed by atoms with E-state index in [0.29, 0.717) is 16.7 Å². The van der Waals surface area contributed by atoms with Gasteiger partial charge < -0.3 is 5.32 Å². The van der Waals surface area contributed by atoms with Gasteiger partial charge in [0.2, 0.25) is 0 Å². The van der Waals surface area contributed by atoms with E-state index in [2.05, 4.69) is 21.1 Å². The van der Waals surface area contributed by atoms with Gasteiger partial charge in [0.25, 0.3) is 5.91 Å². The second-order valence-corrected chi connectivity index (χ2v) is 5.82. The first kappa shape index (κ1) is 16.0. The van der Waals surface area contributed by atoms with Crippen LogP contribution >= 0.6 is 23.8 Å². The first-order valence-corrected chi connectivity index (χ1v) is 7.76. The molecule has 7 heteroatoms. The normalized spacial score (nSPS) is 15.3. The minimum atomic E-state index is -0.0860. The lowest BCUT2D eigenvalue weighted by molar-refractivity contribution is -0.123. The number of hydrazine groups is 1. The second-order valence-electron chi connectivity index (χ2n) is 4.97. The fourth-order valence-electron chi connectivity index (χ4n) is 2.18. The SMILES string of the molecule is O=C(CN1CCCCC1)NNC(=S)Nc1ccc(Cl)cc1. The van der Waals surface area contributed by atoms with Crippen molar-refractivity contribution in [3.8, 4) is 0 Å². The van der Waals surface area contributed by atoms with Crippen molar-refractivity contribution in [3.05, 3.63) is 29.3 Å². The van der Waals surface area contributed by atoms with Gasteiger partial charge in [-0.3, -0.25) is 20.5 Å². The Labute approximate surface area is 135 Å². The zero-order valence-corrected chi connectivity index (χ0v) is 13.3. The van der Waals surface area contributed by atoms with Crippen LogP contribution in [0.3, 0.4) is 0 Å². The van der Waals surface area contributed by atoms with Crippen LogP contribution in [0.25, 0.3) is 0 Å². The Hall–Kier alpha value is -1.37. The molecule has 1 aliphatic heterocycles. The molecule has 1 aliphatic rings. The lowest BCUT2D eigenvalue weighted by atomic mass is 10.1. The zero-order chi connectivity index (χ0) is 15.1. The molecule has 1 aromatic carbocycles. The van der Waals surface area contributed by atoms with Crippen molar-refractivity contribution in [1.82, 2.24) is 15.8 Å². The van der Waals surface area contributed by atoms with Gasteiger partial charge in [-0.15, -0.1) is 0 Å². The predicted octanol–water partition coefficient (Wildman–Crippen LogP) is 2.14. The summed E-state index contributed by atoms with van der Waals surface area (Å²) in [6.07, 6.45) is 3.58. The van der Waals surface area contributed by atoms with E-state index < -0.39 is 0 Å². The third-order valence-corrected chi connectivity index (χ3v) is 3.69. The van der Waals surface area contributed by atoms with Crippen LogP contribution < -0.4 is 16.2 Å². The minimum Gasteiger partial charge on any atom is -0.331 e. The summed E-state index contributed by atoms with van der Waals surface area (Å²) in [5.74, 6) is -0.0860. The molecule has 0 atom stereocenters. The summed E-state index contributed by atoms with van der Waals surface area (Å²) in [4.78, 5) is 13.9. The van der Waals surface area contributed by atoms with Crippen LogP contribution in [0.5, 0.6) is 0 Å². The summed E-state index contributed by atoms with van der Waals surface area (Å²) in [6.45, 7) is 2.37. The summed E-state index contributed by atoms with van der Waals surface area (Å²) in [7, 11) is 0. The topological polar surface area (TPSA) is 56.4 Å². The maximum absolute atomic E-state index is 11.8. The number of anilines is 1. The average Bonchev–Trinajstić information content (AvgIpc) is 2.49. The quantitative estimate of drug-likeness (QED) is 0.587. The van der Waals surface area contributed by atoms with Crippen molar-refractivity contribution in [2.75, 3.05) is 25.0 Å². The highest BCUT2D eigenvalue weighted by atomic mass is 35.5. The second kappa shape index (κ2) is 8.17. The highest BCUT2D eigenvalue weighted by molar-refractivity contribution is 7.80. The van der Waals surface area contributed by atoms with Crippen LogP contribution in [0.2, 0.25) is 5.02 Å². The number of thiocarbonyl (C=S) groups is 1. The molecule has 114 valence electrons. The highest BCUT2D eigenvalue weighted by Gasteiger charge is 2.13. The van der Waals surface area contributed by atoms with E-state index >= 15 is 0 Å². The van der Waals surface area contributed by atoms with Crippen molar-refractivity contribution < 1.29 is 4.79 Å². The summed E-state index contributed by atoms with van der Waals surface area (Å²) in [5, 5.41) is 3.96. The van der Waals surface area contributed by atoms with Gasteiger partial charge >= 0.3 is 0 Å². The van der Waals surface area contributed by atoms with E-state index in [1.54, 1.807) is 12.1 Å². The standard InChI is InChI=1S/C14H19ClN4OS/c15-11-4-6-12(7-5-11)16-14(21)18-17-13(20)10-19-8-2-1-3-9-19/h4-7H,1-3,8-10H2,(H,17,20)(H2,16,18,21). The Morgan fingerprint density at radius 1 is 1.14 bits per heavy atom.